The highest BCUT2D eigenvalue weighted by Gasteiger charge is 2.35. The zero-order valence-electron chi connectivity index (χ0n) is 16.3. The van der Waals surface area contributed by atoms with E-state index in [0.717, 1.165) is 36.5 Å². The summed E-state index contributed by atoms with van der Waals surface area (Å²) in [5, 5.41) is 4.17. The molecule has 146 valence electrons. The van der Waals surface area contributed by atoms with Crippen LogP contribution in [0, 0.1) is 5.92 Å². The highest BCUT2D eigenvalue weighted by molar-refractivity contribution is 7.90. The molecule has 0 amide bonds. The number of halogens is 1. The zero-order chi connectivity index (χ0) is 19.4. The van der Waals surface area contributed by atoms with E-state index in [-0.39, 0.29) is 10.8 Å². The Balaban J connectivity index is 2.00. The maximum atomic E-state index is 13.0. The summed E-state index contributed by atoms with van der Waals surface area (Å²) in [6.07, 6.45) is 2.15. The minimum absolute atomic E-state index is 0.0547. The summed E-state index contributed by atoms with van der Waals surface area (Å²) in [4.78, 5) is 0. The minimum atomic E-state index is -1.13. The van der Waals surface area contributed by atoms with Crippen molar-refractivity contribution in [3.05, 3.63) is 59.1 Å². The summed E-state index contributed by atoms with van der Waals surface area (Å²) in [5.74, 6) is 0.450. The Morgan fingerprint density at radius 1 is 1.07 bits per heavy atom. The van der Waals surface area contributed by atoms with Gasteiger partial charge in [0, 0.05) is 16.4 Å². The molecule has 1 aliphatic rings. The second kappa shape index (κ2) is 8.97. The Kier molecular flexibility index (Phi) is 6.88. The molecule has 0 bridgehead atoms. The molecule has 2 aromatic carbocycles. The minimum Gasteiger partial charge on any atom is -0.598 e. The van der Waals surface area contributed by atoms with Crippen molar-refractivity contribution >= 4 is 23.0 Å². The lowest BCUT2D eigenvalue weighted by molar-refractivity contribution is 0.305. The molecule has 5 heteroatoms. The van der Waals surface area contributed by atoms with Gasteiger partial charge in [0.2, 0.25) is 0 Å². The fraction of sp³-hybridized carbons (Fsp3) is 0.455. The molecule has 2 unspecified atom stereocenters. The Morgan fingerprint density at radius 2 is 1.70 bits per heavy atom. The molecular weight excluding hydrogens is 376 g/mol. The molecule has 0 aliphatic carbocycles. The molecule has 1 aliphatic heterocycles. The van der Waals surface area contributed by atoms with Gasteiger partial charge in [-0.1, -0.05) is 48.0 Å². The molecule has 2 N–H and O–H groups in total. The third-order valence-electron chi connectivity index (χ3n) is 5.10. The van der Waals surface area contributed by atoms with Gasteiger partial charge in [-0.3, -0.25) is 0 Å². The van der Waals surface area contributed by atoms with Crippen molar-refractivity contribution in [2.24, 2.45) is 5.92 Å². The van der Waals surface area contributed by atoms with Crippen molar-refractivity contribution in [2.75, 3.05) is 13.1 Å². The summed E-state index contributed by atoms with van der Waals surface area (Å²) in [6.45, 7) is 8.06. The van der Waals surface area contributed by atoms with Crippen LogP contribution in [0.15, 0.2) is 48.5 Å². The van der Waals surface area contributed by atoms with Crippen LogP contribution in [0.4, 0.5) is 0 Å². The monoisotopic (exact) mass is 404 g/mol. The predicted molar refractivity (Wildman–Crippen MR) is 116 cm³/mol. The van der Waals surface area contributed by atoms with E-state index in [1.165, 1.54) is 11.1 Å². The standard InChI is InChI=1S/C22H29ClN2OS/c1-22(2,3)27(26)25-21(17-12-14-24-15-13-17)20-7-5-4-6-19(20)16-8-10-18(23)11-9-16/h4-11,17,21,24-25H,12-15H2,1-3H3. The molecule has 1 fully saturated rings. The molecule has 0 saturated carbocycles. The van der Waals surface area contributed by atoms with Crippen LogP contribution in [-0.4, -0.2) is 22.4 Å². The molecule has 0 spiro atoms. The van der Waals surface area contributed by atoms with Crippen molar-refractivity contribution in [3.63, 3.8) is 0 Å². The average molecular weight is 405 g/mol. The highest BCUT2D eigenvalue weighted by Crippen LogP contribution is 2.37. The van der Waals surface area contributed by atoms with Gasteiger partial charge in [-0.2, -0.15) is 0 Å². The van der Waals surface area contributed by atoms with Crippen molar-refractivity contribution in [1.29, 1.82) is 0 Å². The van der Waals surface area contributed by atoms with Crippen molar-refractivity contribution in [3.8, 4) is 11.1 Å². The summed E-state index contributed by atoms with van der Waals surface area (Å²) < 4.78 is 16.1. The molecule has 2 aromatic rings. The maximum Gasteiger partial charge on any atom is 0.136 e. The van der Waals surface area contributed by atoms with E-state index in [2.05, 4.69) is 46.4 Å². The number of hydrogen-bond acceptors (Lipinski definition) is 3. The van der Waals surface area contributed by atoms with Gasteiger partial charge in [-0.15, -0.1) is 4.72 Å². The largest absolute Gasteiger partial charge is 0.598 e. The van der Waals surface area contributed by atoms with Crippen molar-refractivity contribution in [1.82, 2.24) is 10.0 Å². The number of rotatable bonds is 5. The van der Waals surface area contributed by atoms with Crippen LogP contribution < -0.4 is 10.0 Å². The van der Waals surface area contributed by atoms with E-state index < -0.39 is 11.4 Å². The van der Waals surface area contributed by atoms with Gasteiger partial charge >= 0.3 is 0 Å². The Bertz CT molecular complexity index is 739. The van der Waals surface area contributed by atoms with Gasteiger partial charge in [-0.05, 0) is 81.4 Å². The van der Waals surface area contributed by atoms with E-state index in [4.69, 9.17) is 11.6 Å². The van der Waals surface area contributed by atoms with E-state index in [1.807, 2.05) is 32.9 Å². The van der Waals surface area contributed by atoms with Crippen LogP contribution in [0.5, 0.6) is 0 Å². The molecule has 0 aromatic heterocycles. The second-order valence-electron chi connectivity index (χ2n) is 8.16. The maximum absolute atomic E-state index is 13.0. The molecule has 1 saturated heterocycles. The molecule has 1 heterocycles. The van der Waals surface area contributed by atoms with Gasteiger partial charge in [0.25, 0.3) is 0 Å². The predicted octanol–water partition coefficient (Wildman–Crippen LogP) is 5.10. The summed E-state index contributed by atoms with van der Waals surface area (Å²) >= 11 is 4.95. The first-order valence-corrected chi connectivity index (χ1v) is 11.1. The molecular formula is C22H29ClN2OS. The van der Waals surface area contributed by atoms with Crippen LogP contribution in [-0.2, 0) is 11.4 Å². The van der Waals surface area contributed by atoms with Crippen molar-refractivity contribution in [2.45, 2.75) is 44.4 Å². The van der Waals surface area contributed by atoms with E-state index >= 15 is 0 Å². The Hall–Kier alpha value is -1.04. The number of nitrogens with one attached hydrogen (secondary N) is 2. The fourth-order valence-corrected chi connectivity index (χ4v) is 4.57. The van der Waals surface area contributed by atoms with Crippen LogP contribution in [0.25, 0.3) is 11.1 Å². The molecule has 2 atom stereocenters. The fourth-order valence-electron chi connectivity index (χ4n) is 3.54. The topological polar surface area (TPSA) is 47.1 Å². The van der Waals surface area contributed by atoms with Crippen LogP contribution in [0.2, 0.25) is 5.02 Å². The number of piperidine rings is 1. The lowest BCUT2D eigenvalue weighted by Crippen LogP contribution is -2.45. The molecule has 3 nitrogen and oxygen atoms in total. The summed E-state index contributed by atoms with van der Waals surface area (Å²) in [7, 11) is 0. The highest BCUT2D eigenvalue weighted by atomic mass is 35.5. The second-order valence-corrected chi connectivity index (χ2v) is 10.6. The number of hydrogen-bond donors (Lipinski definition) is 2. The first-order chi connectivity index (χ1) is 12.9. The lowest BCUT2D eigenvalue weighted by Gasteiger charge is -2.35. The normalized spacial score (nSPS) is 18.3. The number of benzene rings is 2. The van der Waals surface area contributed by atoms with Crippen molar-refractivity contribution < 1.29 is 4.55 Å². The van der Waals surface area contributed by atoms with E-state index in [0.29, 0.717) is 5.92 Å². The van der Waals surface area contributed by atoms with Gasteiger partial charge in [-0.25, -0.2) is 0 Å². The quantitative estimate of drug-likeness (QED) is 0.681. The van der Waals surface area contributed by atoms with E-state index in [1.54, 1.807) is 0 Å². The van der Waals surface area contributed by atoms with Crippen LogP contribution >= 0.6 is 11.6 Å². The van der Waals surface area contributed by atoms with Gasteiger partial charge in [0.15, 0.2) is 0 Å². The average Bonchev–Trinajstić information content (AvgIpc) is 2.66. The van der Waals surface area contributed by atoms with E-state index in [9.17, 15) is 4.55 Å². The SMILES string of the molecule is CC(C)(C)[S+]([O-])NC(c1ccccc1-c1ccc(Cl)cc1)C1CCNCC1. The smallest absolute Gasteiger partial charge is 0.136 e. The third-order valence-corrected chi connectivity index (χ3v) is 6.93. The first kappa shape index (κ1) is 20.7. The van der Waals surface area contributed by atoms with Crippen LogP contribution in [0.1, 0.15) is 45.2 Å². The van der Waals surface area contributed by atoms with Crippen LogP contribution in [0.3, 0.4) is 0 Å². The first-order valence-electron chi connectivity index (χ1n) is 9.60. The van der Waals surface area contributed by atoms with Gasteiger partial charge in [0.1, 0.15) is 4.75 Å². The molecule has 27 heavy (non-hydrogen) atoms. The van der Waals surface area contributed by atoms with Gasteiger partial charge < -0.3 is 9.87 Å². The summed E-state index contributed by atoms with van der Waals surface area (Å²) in [5.41, 5.74) is 3.53. The third kappa shape index (κ3) is 5.27. The lowest BCUT2D eigenvalue weighted by atomic mass is 9.83. The zero-order valence-corrected chi connectivity index (χ0v) is 17.9. The summed E-state index contributed by atoms with van der Waals surface area (Å²) in [6, 6.07) is 16.5. The molecule has 3 rings (SSSR count). The molecule has 0 radical (unpaired) electrons. The Labute approximate surface area is 171 Å². The Morgan fingerprint density at radius 3 is 2.33 bits per heavy atom. The van der Waals surface area contributed by atoms with Gasteiger partial charge in [0.05, 0.1) is 6.04 Å².